The van der Waals surface area contributed by atoms with Crippen molar-refractivity contribution in [2.45, 2.75) is 27.2 Å². The zero-order chi connectivity index (χ0) is 12.0. The predicted octanol–water partition coefficient (Wildman–Crippen LogP) is 3.43. The molecule has 0 amide bonds. The molecule has 1 atom stereocenters. The van der Waals surface area contributed by atoms with Crippen LogP contribution in [0.25, 0.3) is 0 Å². The Hall–Kier alpha value is -1.49. The first-order chi connectivity index (χ1) is 7.79. The molecule has 0 radical (unpaired) electrons. The molecule has 1 aliphatic rings. The second kappa shape index (κ2) is 6.17. The van der Waals surface area contributed by atoms with Crippen LogP contribution in [0.1, 0.15) is 32.8 Å². The number of rotatable bonds is 1. The average Bonchev–Trinajstić information content (AvgIpc) is 2.79. The van der Waals surface area contributed by atoms with Crippen LogP contribution in [0.4, 0.5) is 5.69 Å². The Balaban J connectivity index is 0.000000606. The third-order valence-electron chi connectivity index (χ3n) is 2.76. The monoisotopic (exact) mass is 216 g/mol. The Labute approximate surface area is 98.5 Å². The van der Waals surface area contributed by atoms with Gasteiger partial charge >= 0.3 is 0 Å². The summed E-state index contributed by atoms with van der Waals surface area (Å²) in [5.41, 5.74) is 1.94. The van der Waals surface area contributed by atoms with E-state index in [1.165, 1.54) is 12.1 Å². The summed E-state index contributed by atoms with van der Waals surface area (Å²) in [6.45, 7) is 8.51. The van der Waals surface area contributed by atoms with Crippen molar-refractivity contribution in [2.75, 3.05) is 18.0 Å². The molecular weight excluding hydrogens is 196 g/mol. The zero-order valence-electron chi connectivity index (χ0n) is 10.4. The lowest BCUT2D eigenvalue weighted by Gasteiger charge is -2.17. The molecule has 0 aliphatic carbocycles. The molecule has 0 unspecified atom stereocenters. The maximum absolute atomic E-state index is 8.79. The van der Waals surface area contributed by atoms with Gasteiger partial charge in [-0.25, -0.2) is 0 Å². The Bertz CT molecular complexity index is 365. The second-order valence-corrected chi connectivity index (χ2v) is 4.00. The molecule has 0 N–H and O–H groups in total. The largest absolute Gasteiger partial charge is 0.371 e. The normalized spacial score (nSPS) is 18.6. The van der Waals surface area contributed by atoms with Crippen LogP contribution in [0, 0.1) is 17.2 Å². The molecule has 0 saturated carbocycles. The van der Waals surface area contributed by atoms with Gasteiger partial charge in [0.2, 0.25) is 0 Å². The van der Waals surface area contributed by atoms with Crippen molar-refractivity contribution in [1.29, 1.82) is 5.26 Å². The maximum Gasteiger partial charge on any atom is 0.0992 e. The number of benzene rings is 1. The molecule has 1 saturated heterocycles. The van der Waals surface area contributed by atoms with Gasteiger partial charge < -0.3 is 4.90 Å². The highest BCUT2D eigenvalue weighted by molar-refractivity contribution is 5.52. The van der Waals surface area contributed by atoms with Crippen LogP contribution in [0.2, 0.25) is 0 Å². The lowest BCUT2D eigenvalue weighted by molar-refractivity contribution is 0.659. The molecule has 0 spiro atoms. The van der Waals surface area contributed by atoms with Gasteiger partial charge in [0.25, 0.3) is 0 Å². The van der Waals surface area contributed by atoms with E-state index in [2.05, 4.69) is 24.0 Å². The standard InChI is InChI=1S/C12H14N2.C2H6/c1-10-5-6-14(9-10)12-4-2-3-11(7-12)8-13;1-2/h2-4,7,10H,5-6,9H2,1H3;1-2H3/t10-;/m1./s1. The van der Waals surface area contributed by atoms with Crippen LogP contribution >= 0.6 is 0 Å². The fraction of sp³-hybridized carbons (Fsp3) is 0.500. The number of anilines is 1. The van der Waals surface area contributed by atoms with E-state index in [9.17, 15) is 0 Å². The van der Waals surface area contributed by atoms with Gasteiger partial charge in [-0.1, -0.05) is 26.8 Å². The first kappa shape index (κ1) is 12.6. The minimum atomic E-state index is 0.752. The number of nitriles is 1. The average molecular weight is 216 g/mol. The maximum atomic E-state index is 8.79. The van der Waals surface area contributed by atoms with Crippen molar-refractivity contribution in [2.24, 2.45) is 5.92 Å². The Morgan fingerprint density at radius 2 is 2.12 bits per heavy atom. The highest BCUT2D eigenvalue weighted by Crippen LogP contribution is 2.23. The Morgan fingerprint density at radius 3 is 2.69 bits per heavy atom. The molecule has 1 aromatic rings. The summed E-state index contributed by atoms with van der Waals surface area (Å²) < 4.78 is 0. The first-order valence-electron chi connectivity index (χ1n) is 6.04. The summed E-state index contributed by atoms with van der Waals surface area (Å²) in [5, 5.41) is 8.79. The molecule has 0 aromatic heterocycles. The van der Waals surface area contributed by atoms with Gasteiger partial charge in [0, 0.05) is 18.8 Å². The fourth-order valence-electron chi connectivity index (χ4n) is 1.94. The van der Waals surface area contributed by atoms with Crippen molar-refractivity contribution >= 4 is 5.69 Å². The minimum Gasteiger partial charge on any atom is -0.371 e. The van der Waals surface area contributed by atoms with Crippen LogP contribution in [0.15, 0.2) is 24.3 Å². The fourth-order valence-corrected chi connectivity index (χ4v) is 1.94. The SMILES string of the molecule is CC.C[C@@H]1CCN(c2cccc(C#N)c2)C1. The van der Waals surface area contributed by atoms with E-state index in [4.69, 9.17) is 5.26 Å². The third-order valence-corrected chi connectivity index (χ3v) is 2.76. The van der Waals surface area contributed by atoms with E-state index in [1.807, 2.05) is 32.0 Å². The van der Waals surface area contributed by atoms with E-state index in [1.54, 1.807) is 0 Å². The number of hydrogen-bond acceptors (Lipinski definition) is 2. The summed E-state index contributed by atoms with van der Waals surface area (Å²) in [4.78, 5) is 2.35. The quantitative estimate of drug-likeness (QED) is 0.719. The van der Waals surface area contributed by atoms with E-state index in [0.717, 1.165) is 24.6 Å². The van der Waals surface area contributed by atoms with Crippen LogP contribution < -0.4 is 4.90 Å². The lowest BCUT2D eigenvalue weighted by Crippen LogP contribution is -2.18. The van der Waals surface area contributed by atoms with Crippen molar-refractivity contribution in [3.05, 3.63) is 29.8 Å². The summed E-state index contributed by atoms with van der Waals surface area (Å²) in [7, 11) is 0. The predicted molar refractivity (Wildman–Crippen MR) is 68.5 cm³/mol. The van der Waals surface area contributed by atoms with Gasteiger partial charge in [0.05, 0.1) is 11.6 Å². The topological polar surface area (TPSA) is 27.0 Å². The van der Waals surface area contributed by atoms with Gasteiger partial charge in [-0.15, -0.1) is 0 Å². The minimum absolute atomic E-state index is 0.752. The summed E-state index contributed by atoms with van der Waals surface area (Å²) >= 11 is 0. The van der Waals surface area contributed by atoms with Crippen molar-refractivity contribution in [1.82, 2.24) is 0 Å². The molecule has 2 nitrogen and oxygen atoms in total. The summed E-state index contributed by atoms with van der Waals surface area (Å²) in [6.07, 6.45) is 1.26. The van der Waals surface area contributed by atoms with Crippen molar-refractivity contribution < 1.29 is 0 Å². The Morgan fingerprint density at radius 1 is 1.38 bits per heavy atom. The highest BCUT2D eigenvalue weighted by Gasteiger charge is 2.18. The van der Waals surface area contributed by atoms with Gasteiger partial charge in [0.15, 0.2) is 0 Å². The van der Waals surface area contributed by atoms with Gasteiger partial charge in [-0.3, -0.25) is 0 Å². The second-order valence-electron chi connectivity index (χ2n) is 4.00. The zero-order valence-corrected chi connectivity index (χ0v) is 10.4. The van der Waals surface area contributed by atoms with Crippen molar-refractivity contribution in [3.63, 3.8) is 0 Å². The van der Waals surface area contributed by atoms with E-state index in [0.29, 0.717) is 0 Å². The van der Waals surface area contributed by atoms with Crippen LogP contribution in [-0.2, 0) is 0 Å². The molecule has 1 fully saturated rings. The molecule has 0 bridgehead atoms. The number of nitrogens with zero attached hydrogens (tertiary/aromatic N) is 2. The molecule has 2 rings (SSSR count). The third kappa shape index (κ3) is 3.00. The van der Waals surface area contributed by atoms with E-state index in [-0.39, 0.29) is 0 Å². The van der Waals surface area contributed by atoms with Crippen LogP contribution in [0.3, 0.4) is 0 Å². The molecule has 1 aliphatic heterocycles. The van der Waals surface area contributed by atoms with Crippen molar-refractivity contribution in [3.8, 4) is 6.07 Å². The Kier molecular flexibility index (Phi) is 4.85. The first-order valence-corrected chi connectivity index (χ1v) is 6.04. The van der Waals surface area contributed by atoms with Gasteiger partial charge in [-0.05, 0) is 30.5 Å². The van der Waals surface area contributed by atoms with Crippen LogP contribution in [0.5, 0.6) is 0 Å². The molecule has 1 heterocycles. The molecule has 86 valence electrons. The lowest BCUT2D eigenvalue weighted by atomic mass is 10.2. The molecule has 16 heavy (non-hydrogen) atoms. The summed E-state index contributed by atoms with van der Waals surface area (Å²) in [5.74, 6) is 0.778. The van der Waals surface area contributed by atoms with Crippen LogP contribution in [-0.4, -0.2) is 13.1 Å². The van der Waals surface area contributed by atoms with E-state index < -0.39 is 0 Å². The summed E-state index contributed by atoms with van der Waals surface area (Å²) in [6, 6.07) is 10.0. The smallest absolute Gasteiger partial charge is 0.0992 e. The highest BCUT2D eigenvalue weighted by atomic mass is 15.1. The molecule has 2 heteroatoms. The van der Waals surface area contributed by atoms with Gasteiger partial charge in [0.1, 0.15) is 0 Å². The van der Waals surface area contributed by atoms with Gasteiger partial charge in [-0.2, -0.15) is 5.26 Å². The van der Waals surface area contributed by atoms with E-state index >= 15 is 0 Å². The molecule has 1 aromatic carbocycles. The number of hydrogen-bond donors (Lipinski definition) is 0. The molecular formula is C14H20N2.